The molecule has 0 saturated carbocycles. The maximum absolute atomic E-state index is 11.9. The second-order valence-electron chi connectivity index (χ2n) is 6.27. The van der Waals surface area contributed by atoms with Crippen LogP contribution < -0.4 is 11.4 Å². The summed E-state index contributed by atoms with van der Waals surface area (Å²) in [6.07, 6.45) is 3.53. The summed E-state index contributed by atoms with van der Waals surface area (Å²) >= 11 is 6.33. The number of carbonyl (C=O) groups is 1. The van der Waals surface area contributed by atoms with Crippen LogP contribution in [0.15, 0.2) is 27.4 Å². The van der Waals surface area contributed by atoms with E-state index in [2.05, 4.69) is 0 Å². The Labute approximate surface area is 145 Å². The van der Waals surface area contributed by atoms with E-state index in [1.54, 1.807) is 0 Å². The Morgan fingerprint density at radius 1 is 1.33 bits per heavy atom. The van der Waals surface area contributed by atoms with Crippen molar-refractivity contribution in [2.45, 2.75) is 45.2 Å². The van der Waals surface area contributed by atoms with Crippen molar-refractivity contribution in [3.05, 3.63) is 44.8 Å². The number of likely N-dealkylation sites (tertiary alicyclic amines) is 1. The molecule has 3 rings (SSSR count). The molecule has 1 fully saturated rings. The molecule has 1 aromatic heterocycles. The number of primary amides is 1. The third-order valence-corrected chi connectivity index (χ3v) is 5.05. The Hall–Kier alpha value is -1.85. The van der Waals surface area contributed by atoms with Gasteiger partial charge in [-0.2, -0.15) is 0 Å². The van der Waals surface area contributed by atoms with E-state index in [0.717, 1.165) is 48.7 Å². The topological polar surface area (TPSA) is 76.5 Å². The number of piperidine rings is 1. The van der Waals surface area contributed by atoms with Crippen LogP contribution in [0.2, 0.25) is 5.02 Å². The highest BCUT2D eigenvalue weighted by molar-refractivity contribution is 6.32. The maximum atomic E-state index is 11.9. The zero-order valence-corrected chi connectivity index (χ0v) is 14.4. The first-order valence-corrected chi connectivity index (χ1v) is 8.66. The highest BCUT2D eigenvalue weighted by atomic mass is 35.5. The molecule has 0 bridgehead atoms. The molecular formula is C18H21ClN2O3. The van der Waals surface area contributed by atoms with Crippen molar-refractivity contribution in [3.8, 4) is 0 Å². The number of halogens is 1. The number of benzene rings is 1. The van der Waals surface area contributed by atoms with Crippen molar-refractivity contribution in [2.75, 3.05) is 6.54 Å². The van der Waals surface area contributed by atoms with E-state index in [1.807, 2.05) is 24.0 Å². The van der Waals surface area contributed by atoms with Crippen LogP contribution in [0.3, 0.4) is 0 Å². The molecule has 2 aromatic rings. The van der Waals surface area contributed by atoms with Gasteiger partial charge in [0, 0.05) is 23.0 Å². The molecule has 1 aromatic carbocycles. The molecule has 0 unspecified atom stereocenters. The second kappa shape index (κ2) is 6.95. The number of fused-ring (bicyclic) bond motifs is 1. The third kappa shape index (κ3) is 3.32. The number of hydrogen-bond donors (Lipinski definition) is 1. The summed E-state index contributed by atoms with van der Waals surface area (Å²) in [4.78, 5) is 25.7. The molecular weight excluding hydrogens is 328 g/mol. The minimum absolute atomic E-state index is 0.286. The molecule has 0 spiro atoms. The molecule has 1 aliphatic heterocycles. The van der Waals surface area contributed by atoms with E-state index < -0.39 is 5.63 Å². The average molecular weight is 349 g/mol. The molecule has 0 radical (unpaired) electrons. The lowest BCUT2D eigenvalue weighted by atomic mass is 9.99. The fraction of sp³-hybridized carbons (Fsp3) is 0.444. The van der Waals surface area contributed by atoms with Crippen molar-refractivity contribution < 1.29 is 9.21 Å². The number of nitrogens with zero attached hydrogens (tertiary/aromatic N) is 1. The molecule has 128 valence electrons. The summed E-state index contributed by atoms with van der Waals surface area (Å²) in [5.74, 6) is -0.312. The predicted octanol–water partition coefficient (Wildman–Crippen LogP) is 2.85. The molecule has 5 nitrogen and oxygen atoms in total. The lowest BCUT2D eigenvalue weighted by Crippen LogP contribution is -2.47. The Morgan fingerprint density at radius 2 is 2.12 bits per heavy atom. The van der Waals surface area contributed by atoms with Crippen LogP contribution in [0.4, 0.5) is 0 Å². The minimum Gasteiger partial charge on any atom is -0.423 e. The van der Waals surface area contributed by atoms with Crippen molar-refractivity contribution in [1.29, 1.82) is 0 Å². The van der Waals surface area contributed by atoms with Gasteiger partial charge in [0.1, 0.15) is 5.58 Å². The Bertz CT molecular complexity index is 831. The molecule has 1 saturated heterocycles. The number of amides is 1. The smallest absolute Gasteiger partial charge is 0.336 e. The van der Waals surface area contributed by atoms with Gasteiger partial charge in [0.2, 0.25) is 5.91 Å². The Balaban J connectivity index is 2.03. The van der Waals surface area contributed by atoms with Gasteiger partial charge in [-0.1, -0.05) is 24.9 Å². The van der Waals surface area contributed by atoms with Gasteiger partial charge in [-0.05, 0) is 49.1 Å². The Kier molecular flexibility index (Phi) is 4.92. The Morgan fingerprint density at radius 3 is 2.83 bits per heavy atom. The summed E-state index contributed by atoms with van der Waals surface area (Å²) in [6, 6.07) is 4.87. The SMILES string of the molecule is CCc1cc2oc(=O)cc(CN3CCCC[C@@H]3C(N)=O)c2cc1Cl. The van der Waals surface area contributed by atoms with Crippen molar-refractivity contribution >= 4 is 28.5 Å². The van der Waals surface area contributed by atoms with Crippen LogP contribution in [0.1, 0.15) is 37.3 Å². The van der Waals surface area contributed by atoms with Gasteiger partial charge in [0.05, 0.1) is 6.04 Å². The van der Waals surface area contributed by atoms with Gasteiger partial charge >= 0.3 is 5.63 Å². The fourth-order valence-electron chi connectivity index (χ4n) is 3.41. The molecule has 1 aliphatic rings. The lowest BCUT2D eigenvalue weighted by Gasteiger charge is -2.33. The first-order valence-electron chi connectivity index (χ1n) is 8.28. The normalized spacial score (nSPS) is 18.8. The molecule has 1 amide bonds. The van der Waals surface area contributed by atoms with Gasteiger partial charge < -0.3 is 10.2 Å². The van der Waals surface area contributed by atoms with Gasteiger partial charge in [-0.15, -0.1) is 0 Å². The highest BCUT2D eigenvalue weighted by Gasteiger charge is 2.27. The van der Waals surface area contributed by atoms with Gasteiger partial charge in [-0.25, -0.2) is 4.79 Å². The molecule has 24 heavy (non-hydrogen) atoms. The number of rotatable bonds is 4. The number of aryl methyl sites for hydroxylation is 1. The minimum atomic E-state index is -0.394. The number of hydrogen-bond acceptors (Lipinski definition) is 4. The van der Waals surface area contributed by atoms with Gasteiger partial charge in [0.25, 0.3) is 0 Å². The summed E-state index contributed by atoms with van der Waals surface area (Å²) in [6.45, 7) is 3.27. The fourth-order valence-corrected chi connectivity index (χ4v) is 3.71. The first-order chi connectivity index (χ1) is 11.5. The lowest BCUT2D eigenvalue weighted by molar-refractivity contribution is -0.124. The van der Waals surface area contributed by atoms with Gasteiger partial charge in [-0.3, -0.25) is 9.69 Å². The maximum Gasteiger partial charge on any atom is 0.336 e. The van der Waals surface area contributed by atoms with E-state index in [1.165, 1.54) is 6.07 Å². The molecule has 1 atom stereocenters. The molecule has 0 aliphatic carbocycles. The van der Waals surface area contributed by atoms with Crippen molar-refractivity contribution in [1.82, 2.24) is 4.90 Å². The average Bonchev–Trinajstić information content (AvgIpc) is 2.55. The summed E-state index contributed by atoms with van der Waals surface area (Å²) < 4.78 is 5.34. The van der Waals surface area contributed by atoms with Crippen molar-refractivity contribution in [2.24, 2.45) is 5.73 Å². The summed E-state index contributed by atoms with van der Waals surface area (Å²) in [5, 5.41) is 1.47. The molecule has 2 N–H and O–H groups in total. The van der Waals surface area contributed by atoms with Crippen LogP contribution >= 0.6 is 11.6 Å². The van der Waals surface area contributed by atoms with E-state index in [-0.39, 0.29) is 11.9 Å². The zero-order chi connectivity index (χ0) is 17.3. The largest absolute Gasteiger partial charge is 0.423 e. The highest BCUT2D eigenvalue weighted by Crippen LogP contribution is 2.28. The van der Waals surface area contributed by atoms with Gasteiger partial charge in [0.15, 0.2) is 0 Å². The standard InChI is InChI=1S/C18H21ClN2O3/c1-2-11-7-16-13(9-14(11)19)12(8-17(22)24-16)10-21-6-4-3-5-15(21)18(20)23/h7-9,15H,2-6,10H2,1H3,(H2,20,23)/t15-/m1/s1. The van der Waals surface area contributed by atoms with Crippen LogP contribution in [0, 0.1) is 0 Å². The quantitative estimate of drug-likeness (QED) is 0.862. The van der Waals surface area contributed by atoms with Crippen LogP contribution in [0.25, 0.3) is 11.0 Å². The van der Waals surface area contributed by atoms with E-state index in [9.17, 15) is 9.59 Å². The van der Waals surface area contributed by atoms with E-state index >= 15 is 0 Å². The summed E-state index contributed by atoms with van der Waals surface area (Å²) in [5.41, 5.74) is 7.43. The number of carbonyl (C=O) groups excluding carboxylic acids is 1. The van der Waals surface area contributed by atoms with Crippen LogP contribution in [0.5, 0.6) is 0 Å². The first kappa shape index (κ1) is 17.0. The van der Waals surface area contributed by atoms with E-state index in [0.29, 0.717) is 17.2 Å². The molecule has 6 heteroatoms. The summed E-state index contributed by atoms with van der Waals surface area (Å²) in [7, 11) is 0. The zero-order valence-electron chi connectivity index (χ0n) is 13.7. The number of nitrogens with two attached hydrogens (primary N) is 1. The molecule has 2 heterocycles. The second-order valence-corrected chi connectivity index (χ2v) is 6.68. The van der Waals surface area contributed by atoms with Crippen LogP contribution in [-0.4, -0.2) is 23.4 Å². The third-order valence-electron chi connectivity index (χ3n) is 4.69. The van der Waals surface area contributed by atoms with Crippen LogP contribution in [-0.2, 0) is 17.8 Å². The predicted molar refractivity (Wildman–Crippen MR) is 94.1 cm³/mol. The van der Waals surface area contributed by atoms with Crippen molar-refractivity contribution in [3.63, 3.8) is 0 Å². The monoisotopic (exact) mass is 348 g/mol. The van der Waals surface area contributed by atoms with E-state index in [4.69, 9.17) is 21.8 Å².